The van der Waals surface area contributed by atoms with Crippen molar-refractivity contribution in [2.45, 2.75) is 57.9 Å². The molecule has 1 amide bonds. The van der Waals surface area contributed by atoms with Gasteiger partial charge < -0.3 is 9.32 Å². The Morgan fingerprint density at radius 1 is 1.30 bits per heavy atom. The van der Waals surface area contributed by atoms with Gasteiger partial charge in [0.2, 0.25) is 5.89 Å². The smallest absolute Gasteiger partial charge is 0.275 e. The normalized spacial score (nSPS) is 17.3. The van der Waals surface area contributed by atoms with Crippen molar-refractivity contribution >= 4 is 5.91 Å². The molecule has 1 fully saturated rings. The molecule has 1 aliphatic rings. The maximum absolute atomic E-state index is 14.0. The van der Waals surface area contributed by atoms with Crippen LogP contribution in [0.15, 0.2) is 40.9 Å². The van der Waals surface area contributed by atoms with Crippen molar-refractivity contribution in [1.29, 1.82) is 0 Å². The third kappa shape index (κ3) is 4.15. The van der Waals surface area contributed by atoms with Crippen LogP contribution in [0, 0.1) is 5.82 Å². The first-order valence-corrected chi connectivity index (χ1v) is 10.4. The number of carbonyl (C=O) groups is 1. The summed E-state index contributed by atoms with van der Waals surface area (Å²) in [5.74, 6) is 0.697. The molecule has 2 aromatic heterocycles. The van der Waals surface area contributed by atoms with Crippen LogP contribution in [0.4, 0.5) is 4.39 Å². The summed E-state index contributed by atoms with van der Waals surface area (Å²) < 4.78 is 19.9. The molecule has 30 heavy (non-hydrogen) atoms. The molecule has 1 atom stereocenters. The topological polar surface area (TPSA) is 75.0 Å². The van der Waals surface area contributed by atoms with Crippen LogP contribution in [0.2, 0.25) is 0 Å². The Balaban J connectivity index is 1.54. The average Bonchev–Trinajstić information content (AvgIpc) is 3.39. The zero-order chi connectivity index (χ0) is 21.3. The Morgan fingerprint density at radius 2 is 2.10 bits per heavy atom. The molecule has 0 unspecified atom stereocenters. The third-order valence-corrected chi connectivity index (χ3v) is 5.55. The lowest BCUT2D eigenvalue weighted by Crippen LogP contribution is -2.38. The molecule has 0 radical (unpaired) electrons. The van der Waals surface area contributed by atoms with Crippen molar-refractivity contribution in [3.05, 3.63) is 70.9 Å². The number of hydrogen-bond acceptors (Lipinski definition) is 4. The number of benzene rings is 1. The van der Waals surface area contributed by atoms with E-state index in [0.29, 0.717) is 35.9 Å². The minimum atomic E-state index is -0.266. The van der Waals surface area contributed by atoms with Crippen LogP contribution in [-0.4, -0.2) is 32.5 Å². The van der Waals surface area contributed by atoms with Gasteiger partial charge in [0.1, 0.15) is 23.3 Å². The van der Waals surface area contributed by atoms with E-state index in [0.717, 1.165) is 25.0 Å². The van der Waals surface area contributed by atoms with Gasteiger partial charge in [-0.25, -0.2) is 9.37 Å². The number of piperidine rings is 1. The van der Waals surface area contributed by atoms with E-state index < -0.39 is 0 Å². The fourth-order valence-electron chi connectivity index (χ4n) is 3.78. The molecule has 7 heteroatoms. The van der Waals surface area contributed by atoms with Gasteiger partial charge in [-0.2, -0.15) is 5.10 Å². The van der Waals surface area contributed by atoms with Gasteiger partial charge in [-0.1, -0.05) is 39.0 Å². The van der Waals surface area contributed by atoms with E-state index in [9.17, 15) is 9.18 Å². The van der Waals surface area contributed by atoms with Crippen molar-refractivity contribution in [2.24, 2.45) is 0 Å². The molecule has 158 valence electrons. The molecular formula is C23H27FN4O2. The number of halogens is 1. The first-order valence-electron chi connectivity index (χ1n) is 10.4. The number of aromatic nitrogens is 3. The maximum Gasteiger partial charge on any atom is 0.275 e. The molecule has 0 saturated carbocycles. The summed E-state index contributed by atoms with van der Waals surface area (Å²) in [6.45, 7) is 6.85. The number of oxazole rings is 1. The summed E-state index contributed by atoms with van der Waals surface area (Å²) in [4.78, 5) is 19.4. The summed E-state index contributed by atoms with van der Waals surface area (Å²) in [6.07, 6.45) is 4.66. The predicted octanol–water partition coefficient (Wildman–Crippen LogP) is 4.79. The molecule has 1 saturated heterocycles. The van der Waals surface area contributed by atoms with Crippen LogP contribution in [0.5, 0.6) is 0 Å². The number of rotatable bonds is 4. The largest absolute Gasteiger partial charge is 0.443 e. The summed E-state index contributed by atoms with van der Waals surface area (Å²) in [6, 6.07) is 8.22. The van der Waals surface area contributed by atoms with E-state index in [4.69, 9.17) is 4.42 Å². The highest BCUT2D eigenvalue weighted by atomic mass is 19.1. The van der Waals surface area contributed by atoms with Gasteiger partial charge in [-0.3, -0.25) is 9.89 Å². The molecule has 1 N–H and O–H groups in total. The fraction of sp³-hybridized carbons (Fsp3) is 0.435. The first kappa shape index (κ1) is 20.3. The van der Waals surface area contributed by atoms with E-state index in [1.165, 1.54) is 6.07 Å². The molecule has 3 aromatic rings. The Hall–Kier alpha value is -2.96. The minimum Gasteiger partial charge on any atom is -0.443 e. The Labute approximate surface area is 175 Å². The number of likely N-dealkylation sites (tertiary alicyclic amines) is 1. The van der Waals surface area contributed by atoms with Gasteiger partial charge >= 0.3 is 0 Å². The number of aromatic amines is 1. The summed E-state index contributed by atoms with van der Waals surface area (Å²) in [7, 11) is 0. The molecule has 1 aromatic carbocycles. The summed E-state index contributed by atoms with van der Waals surface area (Å²) in [5, 5.41) is 7.23. The van der Waals surface area contributed by atoms with Crippen LogP contribution in [0.3, 0.4) is 0 Å². The highest BCUT2D eigenvalue weighted by Gasteiger charge is 2.33. The highest BCUT2D eigenvalue weighted by molar-refractivity contribution is 5.92. The lowest BCUT2D eigenvalue weighted by atomic mass is 9.92. The standard InChI is InChI=1S/C23H27FN4O2/c1-23(2,3)20-13-18(26-27-20)22(29)28-11-7-6-10-19(28)21-25-14-16(30-21)12-15-8-4-5-9-17(15)24/h4-5,8-9,13-14,19H,6-7,10-12H2,1-3H3,(H,26,27)/t19-/m0/s1. The molecule has 3 heterocycles. The number of carbonyl (C=O) groups excluding carboxylic acids is 1. The monoisotopic (exact) mass is 410 g/mol. The zero-order valence-corrected chi connectivity index (χ0v) is 17.6. The van der Waals surface area contributed by atoms with Gasteiger partial charge in [-0.05, 0) is 37.0 Å². The van der Waals surface area contributed by atoms with Crippen molar-refractivity contribution < 1.29 is 13.6 Å². The SMILES string of the molecule is CC(C)(C)c1cc(C(=O)N2CCCC[C@H]2c2ncc(Cc3ccccc3F)o2)n[nH]1. The maximum atomic E-state index is 14.0. The number of nitrogens with zero attached hydrogens (tertiary/aromatic N) is 3. The van der Waals surface area contributed by atoms with Crippen molar-refractivity contribution in [2.75, 3.05) is 6.54 Å². The van der Waals surface area contributed by atoms with Crippen molar-refractivity contribution in [1.82, 2.24) is 20.1 Å². The number of nitrogens with one attached hydrogen (secondary N) is 1. The van der Waals surface area contributed by atoms with Gasteiger partial charge in [0.25, 0.3) is 5.91 Å². The second-order valence-electron chi connectivity index (χ2n) is 8.86. The lowest BCUT2D eigenvalue weighted by Gasteiger charge is -2.33. The van der Waals surface area contributed by atoms with E-state index in [2.05, 4.69) is 36.0 Å². The summed E-state index contributed by atoms with van der Waals surface area (Å²) in [5.41, 5.74) is 1.77. The van der Waals surface area contributed by atoms with Gasteiger partial charge in [-0.15, -0.1) is 0 Å². The zero-order valence-electron chi connectivity index (χ0n) is 17.6. The molecule has 0 bridgehead atoms. The quantitative estimate of drug-likeness (QED) is 0.671. The highest BCUT2D eigenvalue weighted by Crippen LogP contribution is 2.32. The third-order valence-electron chi connectivity index (χ3n) is 5.55. The van der Waals surface area contributed by atoms with E-state index >= 15 is 0 Å². The van der Waals surface area contributed by atoms with Gasteiger partial charge in [0.15, 0.2) is 0 Å². The predicted molar refractivity (Wildman–Crippen MR) is 111 cm³/mol. The Morgan fingerprint density at radius 3 is 2.83 bits per heavy atom. The molecule has 1 aliphatic heterocycles. The van der Waals surface area contributed by atoms with Crippen molar-refractivity contribution in [3.8, 4) is 0 Å². The minimum absolute atomic E-state index is 0.114. The van der Waals surface area contributed by atoms with Crippen LogP contribution in [0.25, 0.3) is 0 Å². The molecule has 4 rings (SSSR count). The van der Waals surface area contributed by atoms with E-state index in [1.54, 1.807) is 29.3 Å². The number of hydrogen-bond donors (Lipinski definition) is 1. The Bertz CT molecular complexity index is 1030. The van der Waals surface area contributed by atoms with Crippen LogP contribution in [-0.2, 0) is 11.8 Å². The number of amides is 1. The average molecular weight is 410 g/mol. The van der Waals surface area contributed by atoms with Crippen LogP contribution < -0.4 is 0 Å². The van der Waals surface area contributed by atoms with Gasteiger partial charge in [0, 0.05) is 24.1 Å². The first-order chi connectivity index (χ1) is 14.3. The fourth-order valence-corrected chi connectivity index (χ4v) is 3.78. The van der Waals surface area contributed by atoms with E-state index in [1.807, 2.05) is 6.07 Å². The van der Waals surface area contributed by atoms with Crippen molar-refractivity contribution in [3.63, 3.8) is 0 Å². The molecule has 0 spiro atoms. The summed E-state index contributed by atoms with van der Waals surface area (Å²) >= 11 is 0. The van der Waals surface area contributed by atoms with Crippen LogP contribution in [0.1, 0.15) is 79.5 Å². The Kier molecular flexibility index (Phi) is 5.45. The molecule has 0 aliphatic carbocycles. The van der Waals surface area contributed by atoms with E-state index in [-0.39, 0.29) is 23.2 Å². The van der Waals surface area contributed by atoms with Gasteiger partial charge in [0.05, 0.1) is 6.20 Å². The van der Waals surface area contributed by atoms with Crippen LogP contribution >= 0.6 is 0 Å². The second-order valence-corrected chi connectivity index (χ2v) is 8.86. The number of H-pyrrole nitrogens is 1. The molecule has 6 nitrogen and oxygen atoms in total. The molecular weight excluding hydrogens is 383 g/mol. The lowest BCUT2D eigenvalue weighted by molar-refractivity contribution is 0.0564. The second kappa shape index (κ2) is 8.05.